The van der Waals surface area contributed by atoms with Gasteiger partial charge in [-0.15, -0.1) is 0 Å². The van der Waals surface area contributed by atoms with E-state index in [1.165, 1.54) is 37.7 Å². The van der Waals surface area contributed by atoms with E-state index >= 15 is 0 Å². The molecule has 0 amide bonds. The first-order valence-electron chi connectivity index (χ1n) is 15.3. The molecule has 0 aromatic heterocycles. The molecule has 2 fully saturated rings. The molecule has 3 aliphatic carbocycles. The van der Waals surface area contributed by atoms with Crippen molar-refractivity contribution >= 4 is 14.3 Å². The maximum absolute atomic E-state index is 13.6. The van der Waals surface area contributed by atoms with Crippen LogP contribution >= 0.6 is 0 Å². The minimum absolute atomic E-state index is 0.0645. The van der Waals surface area contributed by atoms with Crippen LogP contribution in [0.5, 0.6) is 0 Å². The number of aliphatic hydroxyl groups is 1. The van der Waals surface area contributed by atoms with Crippen LogP contribution in [0.25, 0.3) is 0 Å². The van der Waals surface area contributed by atoms with E-state index in [2.05, 4.69) is 68.5 Å². The van der Waals surface area contributed by atoms with Crippen LogP contribution in [0.2, 0.25) is 18.1 Å². The summed E-state index contributed by atoms with van der Waals surface area (Å²) in [7, 11) is -2.06. The maximum atomic E-state index is 13.6. The summed E-state index contributed by atoms with van der Waals surface area (Å²) in [5, 5.41) is 11.4. The van der Waals surface area contributed by atoms with E-state index in [1.54, 1.807) is 0 Å². The summed E-state index contributed by atoms with van der Waals surface area (Å²) in [4.78, 5) is 13.6. The van der Waals surface area contributed by atoms with Gasteiger partial charge in [0.15, 0.2) is 8.32 Å². The molecule has 0 saturated heterocycles. The Kier molecular flexibility index (Phi) is 7.98. The number of hydrogen-bond acceptors (Lipinski definition) is 4. The third kappa shape index (κ3) is 5.15. The van der Waals surface area contributed by atoms with E-state index in [4.69, 9.17) is 9.16 Å². The van der Waals surface area contributed by atoms with Gasteiger partial charge in [0.05, 0.1) is 18.1 Å². The van der Waals surface area contributed by atoms with Crippen LogP contribution in [-0.4, -0.2) is 31.6 Å². The van der Waals surface area contributed by atoms with E-state index in [9.17, 15) is 9.90 Å². The Labute approximate surface area is 228 Å². The Morgan fingerprint density at radius 2 is 1.78 bits per heavy atom. The minimum atomic E-state index is -2.06. The van der Waals surface area contributed by atoms with Crippen LogP contribution in [0.1, 0.15) is 113 Å². The molecule has 0 bridgehead atoms. The lowest BCUT2D eigenvalue weighted by molar-refractivity contribution is -0.164. The number of esters is 1. The fraction of sp³-hybridized carbons (Fsp3) is 0.906. The molecule has 37 heavy (non-hydrogen) atoms. The van der Waals surface area contributed by atoms with Crippen molar-refractivity contribution in [1.29, 1.82) is 0 Å². The Balaban J connectivity index is 1.55. The summed E-state index contributed by atoms with van der Waals surface area (Å²) in [5.41, 5.74) is 1.23. The highest BCUT2D eigenvalue weighted by atomic mass is 28.4. The standard InChI is InChI=1S/C32H56O4Si/c1-20(2)12-11-13-21(3)22-14-15-23-28-24(16-17-31(22,23)7)32(8)19-26(33)27(18-25(32)29(34)35-28)36-37(9,10)30(4,5)6/h20-23,25-27,33H,11-19H2,1-10H3/t21-,22-,23+,25-,26-,27-,31-,32-/m1/s1. The number of ether oxygens (including phenoxy) is 1. The zero-order chi connectivity index (χ0) is 27.6. The molecule has 1 aliphatic heterocycles. The van der Waals surface area contributed by atoms with Crippen LogP contribution in [-0.2, 0) is 14.0 Å². The number of hydrogen-bond donors (Lipinski definition) is 1. The quantitative estimate of drug-likeness (QED) is 0.265. The van der Waals surface area contributed by atoms with Gasteiger partial charge in [0, 0.05) is 11.3 Å². The first-order valence-corrected chi connectivity index (χ1v) is 18.2. The molecule has 1 N–H and O–H groups in total. The summed E-state index contributed by atoms with van der Waals surface area (Å²) >= 11 is 0. The van der Waals surface area contributed by atoms with Gasteiger partial charge in [-0.3, -0.25) is 4.79 Å². The normalized spacial score (nSPS) is 39.2. The lowest BCUT2D eigenvalue weighted by Gasteiger charge is -2.55. The van der Waals surface area contributed by atoms with Gasteiger partial charge in [0.25, 0.3) is 0 Å². The smallest absolute Gasteiger partial charge is 0.315 e. The highest BCUT2D eigenvalue weighted by Gasteiger charge is 2.61. The molecule has 4 nitrogen and oxygen atoms in total. The van der Waals surface area contributed by atoms with Gasteiger partial charge in [-0.2, -0.15) is 0 Å². The fourth-order valence-corrected chi connectivity index (χ4v) is 9.74. The first-order chi connectivity index (χ1) is 17.0. The molecule has 2 saturated carbocycles. The summed E-state index contributed by atoms with van der Waals surface area (Å²) in [6.45, 7) is 23.0. The summed E-state index contributed by atoms with van der Waals surface area (Å²) < 4.78 is 13.0. The lowest BCUT2D eigenvalue weighted by Crippen LogP contribution is -2.56. The van der Waals surface area contributed by atoms with Crippen molar-refractivity contribution in [2.75, 3.05) is 0 Å². The van der Waals surface area contributed by atoms with Crippen molar-refractivity contribution in [2.24, 2.45) is 40.4 Å². The van der Waals surface area contributed by atoms with E-state index in [-0.39, 0.29) is 33.9 Å². The molecule has 1 heterocycles. The molecular formula is C32H56O4Si. The van der Waals surface area contributed by atoms with E-state index < -0.39 is 14.4 Å². The predicted molar refractivity (Wildman–Crippen MR) is 153 cm³/mol. The highest BCUT2D eigenvalue weighted by molar-refractivity contribution is 6.74. The van der Waals surface area contributed by atoms with Gasteiger partial charge in [-0.1, -0.05) is 74.7 Å². The van der Waals surface area contributed by atoms with Gasteiger partial charge < -0.3 is 14.3 Å². The zero-order valence-corrected chi connectivity index (χ0v) is 26.6. The Bertz CT molecular complexity index is 901. The van der Waals surface area contributed by atoms with Crippen molar-refractivity contribution in [3.05, 3.63) is 11.3 Å². The van der Waals surface area contributed by atoms with Gasteiger partial charge in [-0.05, 0) is 85.4 Å². The largest absolute Gasteiger partial charge is 0.431 e. The number of fused-ring (bicyclic) bond motifs is 4. The molecule has 4 rings (SSSR count). The van der Waals surface area contributed by atoms with Crippen LogP contribution < -0.4 is 0 Å². The van der Waals surface area contributed by atoms with Crippen molar-refractivity contribution < 1.29 is 19.1 Å². The van der Waals surface area contributed by atoms with Gasteiger partial charge in [0.1, 0.15) is 5.76 Å². The summed E-state index contributed by atoms with van der Waals surface area (Å²) in [6.07, 6.45) is 8.81. The van der Waals surface area contributed by atoms with Crippen molar-refractivity contribution in [3.8, 4) is 0 Å². The molecular weight excluding hydrogens is 476 g/mol. The lowest BCUT2D eigenvalue weighted by atomic mass is 9.54. The molecule has 4 aliphatic rings. The number of allylic oxidation sites excluding steroid dienone is 2. The van der Waals surface area contributed by atoms with E-state index in [1.807, 2.05) is 0 Å². The van der Waals surface area contributed by atoms with Crippen LogP contribution in [0.4, 0.5) is 0 Å². The van der Waals surface area contributed by atoms with E-state index in [0.29, 0.717) is 30.6 Å². The number of carbonyl (C=O) groups is 1. The number of carbonyl (C=O) groups excluding carboxylic acids is 1. The van der Waals surface area contributed by atoms with Gasteiger partial charge in [0.2, 0.25) is 0 Å². The zero-order valence-electron chi connectivity index (χ0n) is 25.6. The molecule has 0 radical (unpaired) electrons. The SMILES string of the molecule is CC(C)CCC[C@@H](C)[C@H]1CC[C@H]2C3=C(CC[C@]12C)[C@@]1(C)C[C@@H](O)[C@H](O[Si](C)(C)C(C)(C)C)C[C@@H]1C(=O)O3. The van der Waals surface area contributed by atoms with Crippen molar-refractivity contribution in [1.82, 2.24) is 0 Å². The predicted octanol–water partition coefficient (Wildman–Crippen LogP) is 8.25. The Morgan fingerprint density at radius 3 is 2.41 bits per heavy atom. The second-order valence-corrected chi connectivity index (χ2v) is 20.5. The molecule has 212 valence electrons. The molecule has 0 unspecified atom stereocenters. The Morgan fingerprint density at radius 1 is 1.11 bits per heavy atom. The second-order valence-electron chi connectivity index (χ2n) is 15.7. The summed E-state index contributed by atoms with van der Waals surface area (Å²) in [6, 6.07) is 0. The molecule has 0 aromatic rings. The first kappa shape index (κ1) is 29.3. The van der Waals surface area contributed by atoms with Gasteiger partial charge in [-0.25, -0.2) is 0 Å². The second kappa shape index (κ2) is 10.1. The summed E-state index contributed by atoms with van der Waals surface area (Å²) in [5.74, 6) is 3.23. The third-order valence-electron chi connectivity index (χ3n) is 11.8. The fourth-order valence-electron chi connectivity index (χ4n) is 8.37. The molecule has 5 heteroatoms. The van der Waals surface area contributed by atoms with Crippen LogP contribution in [0.3, 0.4) is 0 Å². The van der Waals surface area contributed by atoms with Gasteiger partial charge >= 0.3 is 5.97 Å². The molecule has 0 aromatic carbocycles. The van der Waals surface area contributed by atoms with Crippen LogP contribution in [0.15, 0.2) is 11.3 Å². The maximum Gasteiger partial charge on any atom is 0.315 e. The van der Waals surface area contributed by atoms with Crippen molar-refractivity contribution in [3.63, 3.8) is 0 Å². The Hall–Kier alpha value is -0.653. The third-order valence-corrected chi connectivity index (χ3v) is 16.3. The number of rotatable bonds is 7. The van der Waals surface area contributed by atoms with Crippen LogP contribution in [0, 0.1) is 40.4 Å². The average Bonchev–Trinajstić information content (AvgIpc) is 3.11. The average molecular weight is 533 g/mol. The monoisotopic (exact) mass is 532 g/mol. The molecule has 0 spiro atoms. The van der Waals surface area contributed by atoms with Crippen molar-refractivity contribution in [2.45, 2.75) is 144 Å². The topological polar surface area (TPSA) is 55.8 Å². The number of aliphatic hydroxyl groups excluding tert-OH is 1. The van der Waals surface area contributed by atoms with E-state index in [0.717, 1.165) is 24.5 Å². The minimum Gasteiger partial charge on any atom is -0.431 e. The highest BCUT2D eigenvalue weighted by Crippen LogP contribution is 2.65. The molecule has 8 atom stereocenters.